The molecule has 1 nitrogen and oxygen atoms in total. The summed E-state index contributed by atoms with van der Waals surface area (Å²) >= 11 is 5.15. The SMILES string of the molecule is CCCc1ccc(OCc2cc(Br)cs2)cc1. The van der Waals surface area contributed by atoms with E-state index in [2.05, 4.69) is 46.4 Å². The molecule has 2 rings (SSSR count). The standard InChI is InChI=1S/C14H15BrOS/c1-2-3-11-4-6-13(7-5-11)16-9-14-8-12(15)10-17-14/h4-8,10H,2-3,9H2,1H3. The largest absolute Gasteiger partial charge is 0.488 e. The molecule has 0 radical (unpaired) electrons. The van der Waals surface area contributed by atoms with Crippen molar-refractivity contribution in [3.63, 3.8) is 0 Å². The molecule has 0 unspecified atom stereocenters. The van der Waals surface area contributed by atoms with Crippen LogP contribution < -0.4 is 4.74 Å². The minimum absolute atomic E-state index is 0.642. The molecule has 17 heavy (non-hydrogen) atoms. The molecule has 0 N–H and O–H groups in total. The highest BCUT2D eigenvalue weighted by Crippen LogP contribution is 2.22. The summed E-state index contributed by atoms with van der Waals surface area (Å²) < 4.78 is 6.85. The monoisotopic (exact) mass is 310 g/mol. The molecular weight excluding hydrogens is 296 g/mol. The van der Waals surface area contributed by atoms with Crippen LogP contribution in [0.15, 0.2) is 40.2 Å². The Labute approximate surface area is 115 Å². The van der Waals surface area contributed by atoms with Gasteiger partial charge >= 0.3 is 0 Å². The van der Waals surface area contributed by atoms with Gasteiger partial charge in [-0.15, -0.1) is 11.3 Å². The van der Waals surface area contributed by atoms with Crippen molar-refractivity contribution in [3.05, 3.63) is 50.6 Å². The molecule has 1 aromatic carbocycles. The maximum atomic E-state index is 5.73. The number of hydrogen-bond acceptors (Lipinski definition) is 2. The Morgan fingerprint density at radius 1 is 1.24 bits per heavy atom. The predicted molar refractivity (Wildman–Crippen MR) is 76.8 cm³/mol. The number of thiophene rings is 1. The Bertz CT molecular complexity index is 461. The zero-order valence-corrected chi connectivity index (χ0v) is 12.2. The van der Waals surface area contributed by atoms with E-state index in [-0.39, 0.29) is 0 Å². The number of hydrogen-bond donors (Lipinski definition) is 0. The molecule has 0 saturated heterocycles. The second kappa shape index (κ2) is 6.22. The molecule has 0 aliphatic rings. The number of aryl methyl sites for hydroxylation is 1. The molecule has 0 aliphatic heterocycles. The smallest absolute Gasteiger partial charge is 0.122 e. The summed E-state index contributed by atoms with van der Waals surface area (Å²) in [6.07, 6.45) is 2.32. The van der Waals surface area contributed by atoms with E-state index in [0.717, 1.165) is 16.6 Å². The lowest BCUT2D eigenvalue weighted by Crippen LogP contribution is -1.93. The van der Waals surface area contributed by atoms with E-state index >= 15 is 0 Å². The number of ether oxygens (including phenoxy) is 1. The van der Waals surface area contributed by atoms with Gasteiger partial charge in [-0.1, -0.05) is 25.5 Å². The first-order valence-corrected chi connectivity index (χ1v) is 7.40. The van der Waals surface area contributed by atoms with Gasteiger partial charge in [0.05, 0.1) is 0 Å². The van der Waals surface area contributed by atoms with Gasteiger partial charge in [0, 0.05) is 14.7 Å². The quantitative estimate of drug-likeness (QED) is 0.751. The maximum absolute atomic E-state index is 5.73. The zero-order valence-electron chi connectivity index (χ0n) is 9.78. The van der Waals surface area contributed by atoms with E-state index in [9.17, 15) is 0 Å². The van der Waals surface area contributed by atoms with Crippen LogP contribution in [0.5, 0.6) is 5.75 Å². The number of halogens is 1. The first-order valence-electron chi connectivity index (χ1n) is 5.72. The van der Waals surface area contributed by atoms with Gasteiger partial charge in [0.25, 0.3) is 0 Å². The van der Waals surface area contributed by atoms with Gasteiger partial charge in [0.1, 0.15) is 12.4 Å². The summed E-state index contributed by atoms with van der Waals surface area (Å²) in [4.78, 5) is 1.23. The molecule has 90 valence electrons. The molecule has 0 bridgehead atoms. The Kier molecular flexibility index (Phi) is 4.63. The van der Waals surface area contributed by atoms with E-state index in [1.807, 2.05) is 12.1 Å². The van der Waals surface area contributed by atoms with Crippen molar-refractivity contribution in [1.82, 2.24) is 0 Å². The first kappa shape index (κ1) is 12.7. The fraction of sp³-hybridized carbons (Fsp3) is 0.286. The van der Waals surface area contributed by atoms with E-state index in [0.29, 0.717) is 6.61 Å². The van der Waals surface area contributed by atoms with Crippen LogP contribution in [-0.4, -0.2) is 0 Å². The zero-order chi connectivity index (χ0) is 12.1. The summed E-state index contributed by atoms with van der Waals surface area (Å²) in [5.41, 5.74) is 1.37. The molecule has 1 aromatic heterocycles. The summed E-state index contributed by atoms with van der Waals surface area (Å²) in [6.45, 7) is 2.84. The van der Waals surface area contributed by atoms with Crippen molar-refractivity contribution < 1.29 is 4.74 Å². The fourth-order valence-electron chi connectivity index (χ4n) is 1.62. The second-order valence-electron chi connectivity index (χ2n) is 3.91. The van der Waals surface area contributed by atoms with Crippen LogP contribution in [0.2, 0.25) is 0 Å². The number of rotatable bonds is 5. The molecule has 1 heterocycles. The van der Waals surface area contributed by atoms with Gasteiger partial charge in [0.2, 0.25) is 0 Å². The van der Waals surface area contributed by atoms with Crippen molar-refractivity contribution in [2.45, 2.75) is 26.4 Å². The summed E-state index contributed by atoms with van der Waals surface area (Å²) in [5, 5.41) is 2.07. The summed E-state index contributed by atoms with van der Waals surface area (Å²) in [5.74, 6) is 0.939. The van der Waals surface area contributed by atoms with Crippen molar-refractivity contribution in [2.75, 3.05) is 0 Å². The normalized spacial score (nSPS) is 10.5. The van der Waals surface area contributed by atoms with Gasteiger partial charge in [-0.25, -0.2) is 0 Å². The highest BCUT2D eigenvalue weighted by molar-refractivity contribution is 9.10. The number of benzene rings is 1. The predicted octanol–water partition coefficient (Wildman–Crippen LogP) is 5.04. The lowest BCUT2D eigenvalue weighted by molar-refractivity contribution is 0.309. The van der Waals surface area contributed by atoms with Crippen LogP contribution >= 0.6 is 27.3 Å². The van der Waals surface area contributed by atoms with Gasteiger partial charge < -0.3 is 4.74 Å². The highest BCUT2D eigenvalue weighted by Gasteiger charge is 1.99. The third kappa shape index (κ3) is 3.86. The third-order valence-electron chi connectivity index (χ3n) is 2.46. The highest BCUT2D eigenvalue weighted by atomic mass is 79.9. The minimum Gasteiger partial charge on any atom is -0.488 e. The average Bonchev–Trinajstić information content (AvgIpc) is 2.75. The minimum atomic E-state index is 0.642. The van der Waals surface area contributed by atoms with E-state index in [1.165, 1.54) is 16.9 Å². The van der Waals surface area contributed by atoms with Crippen LogP contribution in [0.3, 0.4) is 0 Å². The summed E-state index contributed by atoms with van der Waals surface area (Å²) in [6, 6.07) is 10.5. The molecule has 3 heteroatoms. The molecule has 0 spiro atoms. The molecule has 2 aromatic rings. The Hall–Kier alpha value is -0.800. The second-order valence-corrected chi connectivity index (χ2v) is 5.83. The Morgan fingerprint density at radius 2 is 2.00 bits per heavy atom. The fourth-order valence-corrected chi connectivity index (χ4v) is 2.99. The van der Waals surface area contributed by atoms with Crippen LogP contribution in [0.4, 0.5) is 0 Å². The van der Waals surface area contributed by atoms with Crippen LogP contribution in [-0.2, 0) is 13.0 Å². The van der Waals surface area contributed by atoms with E-state index in [1.54, 1.807) is 11.3 Å². The van der Waals surface area contributed by atoms with Crippen LogP contribution in [0.25, 0.3) is 0 Å². The molecule has 0 aliphatic carbocycles. The summed E-state index contributed by atoms with van der Waals surface area (Å²) in [7, 11) is 0. The van der Waals surface area contributed by atoms with Crippen molar-refractivity contribution in [2.24, 2.45) is 0 Å². The van der Waals surface area contributed by atoms with Gasteiger partial charge in [0.15, 0.2) is 0 Å². The molecule has 0 fully saturated rings. The third-order valence-corrected chi connectivity index (χ3v) is 4.14. The lowest BCUT2D eigenvalue weighted by atomic mass is 10.1. The molecular formula is C14H15BrOS. The van der Waals surface area contributed by atoms with Crippen molar-refractivity contribution >= 4 is 27.3 Å². The average molecular weight is 311 g/mol. The van der Waals surface area contributed by atoms with Gasteiger partial charge in [-0.05, 0) is 46.1 Å². The first-order chi connectivity index (χ1) is 8.28. The lowest BCUT2D eigenvalue weighted by Gasteiger charge is -2.05. The molecule has 0 atom stereocenters. The topological polar surface area (TPSA) is 9.23 Å². The van der Waals surface area contributed by atoms with Gasteiger partial charge in [-0.3, -0.25) is 0 Å². The maximum Gasteiger partial charge on any atom is 0.122 e. The van der Waals surface area contributed by atoms with Gasteiger partial charge in [-0.2, -0.15) is 0 Å². The van der Waals surface area contributed by atoms with Crippen molar-refractivity contribution in [1.29, 1.82) is 0 Å². The Morgan fingerprint density at radius 3 is 2.59 bits per heavy atom. The molecule has 0 saturated carbocycles. The molecule has 0 amide bonds. The van der Waals surface area contributed by atoms with Crippen molar-refractivity contribution in [3.8, 4) is 5.75 Å². The van der Waals surface area contributed by atoms with E-state index in [4.69, 9.17) is 4.74 Å². The van der Waals surface area contributed by atoms with E-state index < -0.39 is 0 Å². The Balaban J connectivity index is 1.90. The van der Waals surface area contributed by atoms with Crippen LogP contribution in [0, 0.1) is 0 Å². The van der Waals surface area contributed by atoms with Crippen LogP contribution in [0.1, 0.15) is 23.8 Å².